The highest BCUT2D eigenvalue weighted by atomic mass is 19.2. The third-order valence-corrected chi connectivity index (χ3v) is 4.22. The van der Waals surface area contributed by atoms with Crippen molar-refractivity contribution < 1.29 is 23.4 Å². The van der Waals surface area contributed by atoms with E-state index >= 15 is 0 Å². The van der Waals surface area contributed by atoms with Gasteiger partial charge in [-0.1, -0.05) is 6.07 Å². The summed E-state index contributed by atoms with van der Waals surface area (Å²) in [5.41, 5.74) is 1.75. The minimum atomic E-state index is -0.902. The fourth-order valence-corrected chi connectivity index (χ4v) is 2.81. The predicted molar refractivity (Wildman–Crippen MR) is 84.8 cm³/mol. The Morgan fingerprint density at radius 2 is 2.04 bits per heavy atom. The van der Waals surface area contributed by atoms with Gasteiger partial charge in [-0.25, -0.2) is 8.78 Å². The van der Waals surface area contributed by atoms with Crippen LogP contribution in [0.2, 0.25) is 0 Å². The van der Waals surface area contributed by atoms with Crippen molar-refractivity contribution in [3.05, 3.63) is 59.2 Å². The molecule has 0 saturated heterocycles. The first-order valence-corrected chi connectivity index (χ1v) is 7.57. The summed E-state index contributed by atoms with van der Waals surface area (Å²) >= 11 is 0. The first kappa shape index (κ1) is 16.4. The van der Waals surface area contributed by atoms with E-state index in [1.54, 1.807) is 18.2 Å². The van der Waals surface area contributed by atoms with Crippen molar-refractivity contribution in [2.45, 2.75) is 18.9 Å². The second kappa shape index (κ2) is 6.57. The van der Waals surface area contributed by atoms with Crippen molar-refractivity contribution in [1.82, 2.24) is 0 Å². The molecular formula is C18H17F2NO3. The van der Waals surface area contributed by atoms with Crippen molar-refractivity contribution in [2.75, 3.05) is 12.4 Å². The number of anilines is 1. The van der Waals surface area contributed by atoms with E-state index in [0.29, 0.717) is 29.0 Å². The van der Waals surface area contributed by atoms with Crippen molar-refractivity contribution in [1.29, 1.82) is 0 Å². The van der Waals surface area contributed by atoms with Crippen LogP contribution in [0.25, 0.3) is 0 Å². The zero-order valence-electron chi connectivity index (χ0n) is 13.1. The summed E-state index contributed by atoms with van der Waals surface area (Å²) in [7, 11) is 1.50. The molecular weight excluding hydrogens is 316 g/mol. The summed E-state index contributed by atoms with van der Waals surface area (Å²) in [4.78, 5) is 12.3. The molecule has 0 spiro atoms. The molecule has 0 heterocycles. The molecule has 1 saturated carbocycles. The molecule has 2 unspecified atom stereocenters. The lowest BCUT2D eigenvalue weighted by atomic mass is 10.1. The number of benzene rings is 2. The van der Waals surface area contributed by atoms with E-state index in [1.165, 1.54) is 13.2 Å². The Morgan fingerprint density at radius 3 is 2.71 bits per heavy atom. The number of rotatable bonds is 5. The molecule has 126 valence electrons. The summed E-state index contributed by atoms with van der Waals surface area (Å²) in [6.07, 6.45) is 0.597. The third-order valence-electron chi connectivity index (χ3n) is 4.22. The number of aliphatic hydroxyl groups excluding tert-OH is 1. The molecule has 6 heteroatoms. The Bertz CT molecular complexity index is 779. The van der Waals surface area contributed by atoms with E-state index in [2.05, 4.69) is 5.32 Å². The second-order valence-corrected chi connectivity index (χ2v) is 5.80. The van der Waals surface area contributed by atoms with Gasteiger partial charge < -0.3 is 15.2 Å². The average molecular weight is 333 g/mol. The van der Waals surface area contributed by atoms with Gasteiger partial charge in [0.05, 0.1) is 13.7 Å². The fourth-order valence-electron chi connectivity index (χ4n) is 2.81. The van der Waals surface area contributed by atoms with Crippen LogP contribution < -0.4 is 10.1 Å². The summed E-state index contributed by atoms with van der Waals surface area (Å²) < 4.78 is 31.4. The first-order chi connectivity index (χ1) is 11.5. The topological polar surface area (TPSA) is 58.6 Å². The lowest BCUT2D eigenvalue weighted by Gasteiger charge is -2.10. The van der Waals surface area contributed by atoms with Gasteiger partial charge in [0, 0.05) is 17.2 Å². The highest BCUT2D eigenvalue weighted by Gasteiger charge is 2.44. The number of aliphatic hydroxyl groups is 1. The molecule has 2 aromatic rings. The predicted octanol–water partition coefficient (Wildman–Crippen LogP) is 3.21. The molecule has 3 rings (SSSR count). The summed E-state index contributed by atoms with van der Waals surface area (Å²) in [5.74, 6) is -1.80. The number of hydrogen-bond acceptors (Lipinski definition) is 3. The maximum absolute atomic E-state index is 13.3. The largest absolute Gasteiger partial charge is 0.496 e. The Morgan fingerprint density at radius 1 is 1.25 bits per heavy atom. The van der Waals surface area contributed by atoms with Gasteiger partial charge in [-0.2, -0.15) is 0 Å². The quantitative estimate of drug-likeness (QED) is 0.883. The first-order valence-electron chi connectivity index (χ1n) is 7.57. The number of carbonyl (C=O) groups excluding carboxylic acids is 1. The minimum Gasteiger partial charge on any atom is -0.496 e. The van der Waals surface area contributed by atoms with Crippen molar-refractivity contribution in [3.63, 3.8) is 0 Å². The monoisotopic (exact) mass is 333 g/mol. The second-order valence-electron chi connectivity index (χ2n) is 5.80. The molecule has 1 aliphatic rings. The van der Waals surface area contributed by atoms with Gasteiger partial charge in [0.15, 0.2) is 11.6 Å². The fraction of sp³-hybridized carbons (Fsp3) is 0.278. The van der Waals surface area contributed by atoms with E-state index in [0.717, 1.165) is 12.1 Å². The van der Waals surface area contributed by atoms with Crippen LogP contribution in [0.1, 0.15) is 23.5 Å². The lowest BCUT2D eigenvalue weighted by molar-refractivity contribution is -0.117. The SMILES string of the molecule is COc1ccc(NC(=O)C2CC2c2ccc(F)c(F)c2)cc1CO. The molecule has 2 N–H and O–H groups in total. The molecule has 4 nitrogen and oxygen atoms in total. The standard InChI is InChI=1S/C18H17F2NO3/c1-24-17-5-3-12(6-11(17)9-22)21-18(23)14-8-13(14)10-2-4-15(19)16(20)7-10/h2-7,13-14,22H,8-9H2,1H3,(H,21,23). The highest BCUT2D eigenvalue weighted by molar-refractivity contribution is 5.95. The van der Waals surface area contributed by atoms with Crippen LogP contribution in [0.5, 0.6) is 5.75 Å². The Balaban J connectivity index is 1.67. The van der Waals surface area contributed by atoms with Gasteiger partial charge in [0.25, 0.3) is 0 Å². The van der Waals surface area contributed by atoms with E-state index in [1.807, 2.05) is 0 Å². The zero-order valence-corrected chi connectivity index (χ0v) is 13.1. The molecule has 0 aliphatic heterocycles. The van der Waals surface area contributed by atoms with Gasteiger partial charge in [0.1, 0.15) is 5.75 Å². The summed E-state index contributed by atoms with van der Waals surface area (Å²) in [6.45, 7) is -0.201. The number of hydrogen-bond donors (Lipinski definition) is 2. The molecule has 0 bridgehead atoms. The van der Waals surface area contributed by atoms with Gasteiger partial charge in [0.2, 0.25) is 5.91 Å². The van der Waals surface area contributed by atoms with Crippen molar-refractivity contribution in [2.24, 2.45) is 5.92 Å². The van der Waals surface area contributed by atoms with E-state index < -0.39 is 11.6 Å². The zero-order chi connectivity index (χ0) is 17.3. The van der Waals surface area contributed by atoms with Gasteiger partial charge in [-0.05, 0) is 48.2 Å². The molecule has 0 radical (unpaired) electrons. The maximum Gasteiger partial charge on any atom is 0.228 e. The molecule has 2 aromatic carbocycles. The Kier molecular flexibility index (Phi) is 4.49. The Labute approximate surface area is 138 Å². The van der Waals surface area contributed by atoms with Crippen LogP contribution in [0, 0.1) is 17.6 Å². The lowest BCUT2D eigenvalue weighted by Crippen LogP contribution is -2.14. The van der Waals surface area contributed by atoms with Gasteiger partial charge >= 0.3 is 0 Å². The summed E-state index contributed by atoms with van der Waals surface area (Å²) in [6, 6.07) is 8.73. The number of carbonyl (C=O) groups is 1. The normalized spacial score (nSPS) is 19.0. The Hall–Kier alpha value is -2.47. The van der Waals surface area contributed by atoms with Crippen LogP contribution in [0.4, 0.5) is 14.5 Å². The third kappa shape index (κ3) is 3.23. The number of amides is 1. The van der Waals surface area contributed by atoms with E-state index in [9.17, 15) is 18.7 Å². The molecule has 24 heavy (non-hydrogen) atoms. The van der Waals surface area contributed by atoms with E-state index in [-0.39, 0.29) is 24.3 Å². The van der Waals surface area contributed by atoms with Crippen LogP contribution in [0.15, 0.2) is 36.4 Å². The molecule has 0 aromatic heterocycles. The number of methoxy groups -OCH3 is 1. The highest BCUT2D eigenvalue weighted by Crippen LogP contribution is 2.48. The molecule has 2 atom stereocenters. The van der Waals surface area contributed by atoms with Crippen LogP contribution >= 0.6 is 0 Å². The van der Waals surface area contributed by atoms with Crippen molar-refractivity contribution >= 4 is 11.6 Å². The van der Waals surface area contributed by atoms with Gasteiger partial charge in [-0.3, -0.25) is 4.79 Å². The van der Waals surface area contributed by atoms with Gasteiger partial charge in [-0.15, -0.1) is 0 Å². The number of ether oxygens (including phenoxy) is 1. The molecule has 1 amide bonds. The smallest absolute Gasteiger partial charge is 0.228 e. The maximum atomic E-state index is 13.3. The van der Waals surface area contributed by atoms with Crippen LogP contribution in [0.3, 0.4) is 0 Å². The van der Waals surface area contributed by atoms with E-state index in [4.69, 9.17) is 4.74 Å². The molecule has 1 aliphatic carbocycles. The van der Waals surface area contributed by atoms with Crippen LogP contribution in [-0.2, 0) is 11.4 Å². The van der Waals surface area contributed by atoms with Crippen LogP contribution in [-0.4, -0.2) is 18.1 Å². The number of nitrogens with one attached hydrogen (secondary N) is 1. The number of halogens is 2. The van der Waals surface area contributed by atoms with Crippen molar-refractivity contribution in [3.8, 4) is 5.75 Å². The molecule has 1 fully saturated rings. The minimum absolute atomic E-state index is 0.101. The average Bonchev–Trinajstić information content (AvgIpc) is 3.38. The summed E-state index contributed by atoms with van der Waals surface area (Å²) in [5, 5.41) is 12.1.